The Morgan fingerprint density at radius 1 is 1.00 bits per heavy atom. The van der Waals surface area contributed by atoms with Crippen molar-refractivity contribution < 1.29 is 9.53 Å². The van der Waals surface area contributed by atoms with Crippen LogP contribution in [0, 0.1) is 0 Å². The second kappa shape index (κ2) is 10.5. The van der Waals surface area contributed by atoms with Crippen molar-refractivity contribution in [3.63, 3.8) is 0 Å². The normalized spacial score (nSPS) is 18.0. The van der Waals surface area contributed by atoms with E-state index in [1.165, 1.54) is 11.6 Å². The van der Waals surface area contributed by atoms with Crippen molar-refractivity contribution >= 4 is 16.9 Å². The van der Waals surface area contributed by atoms with Crippen molar-refractivity contribution in [2.45, 2.75) is 57.7 Å². The molecule has 0 radical (unpaired) electrons. The van der Waals surface area contributed by atoms with Crippen LogP contribution in [0.3, 0.4) is 0 Å². The van der Waals surface area contributed by atoms with Gasteiger partial charge in [0.2, 0.25) is 0 Å². The highest BCUT2D eigenvalue weighted by atomic mass is 16.5. The summed E-state index contributed by atoms with van der Waals surface area (Å²) in [7, 11) is 3.13. The zero-order valence-electron chi connectivity index (χ0n) is 21.9. The van der Waals surface area contributed by atoms with Gasteiger partial charge in [-0.15, -0.1) is 0 Å². The Balaban J connectivity index is 1.24. The van der Waals surface area contributed by atoms with Gasteiger partial charge in [0.15, 0.2) is 0 Å². The van der Waals surface area contributed by atoms with Crippen LogP contribution >= 0.6 is 0 Å². The van der Waals surface area contributed by atoms with Gasteiger partial charge in [-0.2, -0.15) is 0 Å². The number of amides is 1. The molecular formula is C27H36N6O4. The zero-order chi connectivity index (χ0) is 26.1. The second-order valence-corrected chi connectivity index (χ2v) is 10.2. The molecule has 0 spiro atoms. The average Bonchev–Trinajstić information content (AvgIpc) is 3.31. The molecule has 5 rings (SSSR count). The van der Waals surface area contributed by atoms with Gasteiger partial charge in [-0.3, -0.25) is 28.6 Å². The van der Waals surface area contributed by atoms with Gasteiger partial charge in [0.1, 0.15) is 23.2 Å². The summed E-state index contributed by atoms with van der Waals surface area (Å²) in [6.45, 7) is 5.95. The van der Waals surface area contributed by atoms with Crippen molar-refractivity contribution in [2.75, 3.05) is 26.2 Å². The summed E-state index contributed by atoms with van der Waals surface area (Å²) < 4.78 is 10.5. The largest absolute Gasteiger partial charge is 0.490 e. The van der Waals surface area contributed by atoms with Gasteiger partial charge < -0.3 is 14.2 Å². The van der Waals surface area contributed by atoms with Gasteiger partial charge in [0.05, 0.1) is 5.39 Å². The molecule has 37 heavy (non-hydrogen) atoms. The van der Waals surface area contributed by atoms with Crippen molar-refractivity contribution in [3.8, 4) is 5.75 Å². The first-order valence-electron chi connectivity index (χ1n) is 13.3. The molecule has 3 aromatic heterocycles. The van der Waals surface area contributed by atoms with E-state index in [0.29, 0.717) is 42.4 Å². The maximum Gasteiger partial charge on any atom is 0.332 e. The molecule has 0 aliphatic carbocycles. The van der Waals surface area contributed by atoms with E-state index in [1.807, 2.05) is 28.5 Å². The van der Waals surface area contributed by atoms with Gasteiger partial charge in [0.25, 0.3) is 11.5 Å². The van der Waals surface area contributed by atoms with E-state index in [9.17, 15) is 14.4 Å². The topological polar surface area (TPSA) is 94.6 Å². The van der Waals surface area contributed by atoms with E-state index in [1.54, 1.807) is 25.5 Å². The third-order valence-electron chi connectivity index (χ3n) is 7.86. The Labute approximate surface area is 216 Å². The lowest BCUT2D eigenvalue weighted by atomic mass is 9.98. The smallest absolute Gasteiger partial charge is 0.332 e. The summed E-state index contributed by atoms with van der Waals surface area (Å²) >= 11 is 0. The van der Waals surface area contributed by atoms with Crippen LogP contribution in [0.4, 0.5) is 0 Å². The Hall–Kier alpha value is -3.40. The first kappa shape index (κ1) is 25.3. The predicted octanol–water partition coefficient (Wildman–Crippen LogP) is 1.99. The first-order valence-corrected chi connectivity index (χ1v) is 13.3. The number of hydrogen-bond acceptors (Lipinski definition) is 6. The number of fused-ring (bicyclic) bond motifs is 1. The van der Waals surface area contributed by atoms with Crippen molar-refractivity contribution in [3.05, 3.63) is 57.1 Å². The number of carbonyl (C=O) groups excluding carboxylic acids is 1. The van der Waals surface area contributed by atoms with Crippen molar-refractivity contribution in [2.24, 2.45) is 14.1 Å². The van der Waals surface area contributed by atoms with Crippen LogP contribution in [-0.4, -0.2) is 72.7 Å². The van der Waals surface area contributed by atoms with Gasteiger partial charge in [-0.05, 0) is 50.3 Å². The minimum Gasteiger partial charge on any atom is -0.490 e. The summed E-state index contributed by atoms with van der Waals surface area (Å²) in [6, 6.07) is 5.93. The molecule has 2 aliphatic heterocycles. The summed E-state index contributed by atoms with van der Waals surface area (Å²) in [5.41, 5.74) is 0.257. The standard InChI is InChI=1S/C27H36N6O4/c1-4-13-33-23(18-22-24(33)29(2)27(36)30(3)25(22)34)26(35)32-14-7-19(8-15-32)31-16-9-21(10-17-31)37-20-5-11-28-12-6-20/h5-6,11-12,18-19,21H,4,7-10,13-17H2,1-3H3. The second-order valence-electron chi connectivity index (χ2n) is 10.2. The molecule has 0 aromatic carbocycles. The number of aryl methyl sites for hydroxylation is 2. The van der Waals surface area contributed by atoms with Crippen molar-refractivity contribution in [1.82, 2.24) is 28.5 Å². The molecule has 2 saturated heterocycles. The van der Waals surface area contributed by atoms with E-state index in [0.717, 1.165) is 55.5 Å². The maximum atomic E-state index is 13.6. The van der Waals surface area contributed by atoms with Gasteiger partial charge >= 0.3 is 5.69 Å². The molecule has 0 unspecified atom stereocenters. The molecule has 0 bridgehead atoms. The highest BCUT2D eigenvalue weighted by molar-refractivity contribution is 5.98. The number of hydrogen-bond donors (Lipinski definition) is 0. The molecule has 0 saturated carbocycles. The number of aromatic nitrogens is 4. The molecule has 2 fully saturated rings. The van der Waals surface area contributed by atoms with Gasteiger partial charge in [-0.1, -0.05) is 6.92 Å². The lowest BCUT2D eigenvalue weighted by molar-refractivity contribution is 0.0420. The molecule has 10 heteroatoms. The third-order valence-corrected chi connectivity index (χ3v) is 7.86. The molecule has 2 aliphatic rings. The number of carbonyl (C=O) groups is 1. The Morgan fingerprint density at radius 3 is 2.32 bits per heavy atom. The monoisotopic (exact) mass is 508 g/mol. The number of likely N-dealkylation sites (tertiary alicyclic amines) is 2. The summed E-state index contributed by atoms with van der Waals surface area (Å²) in [5.74, 6) is 0.806. The highest BCUT2D eigenvalue weighted by Crippen LogP contribution is 2.25. The molecule has 0 atom stereocenters. The number of rotatable bonds is 6. The van der Waals surface area contributed by atoms with E-state index < -0.39 is 0 Å². The number of piperidine rings is 2. The number of ether oxygens (including phenoxy) is 1. The number of pyridine rings is 1. The van der Waals surface area contributed by atoms with E-state index in [-0.39, 0.29) is 23.3 Å². The van der Waals surface area contributed by atoms with Crippen LogP contribution in [0.1, 0.15) is 49.5 Å². The van der Waals surface area contributed by atoms with Gasteiger partial charge in [-0.25, -0.2) is 4.79 Å². The SMILES string of the molecule is CCCn1c(C(=O)N2CCC(N3CCC(Oc4ccncc4)CC3)CC2)cc2c(=O)n(C)c(=O)n(C)c21. The molecule has 198 valence electrons. The third kappa shape index (κ3) is 4.82. The molecule has 10 nitrogen and oxygen atoms in total. The summed E-state index contributed by atoms with van der Waals surface area (Å²) in [5, 5.41) is 0.410. The van der Waals surface area contributed by atoms with E-state index in [2.05, 4.69) is 9.88 Å². The fourth-order valence-electron chi connectivity index (χ4n) is 5.83. The van der Waals surface area contributed by atoms with Crippen LogP contribution in [0.5, 0.6) is 5.75 Å². The molecule has 1 amide bonds. The average molecular weight is 509 g/mol. The van der Waals surface area contributed by atoms with E-state index >= 15 is 0 Å². The molecule has 3 aromatic rings. The van der Waals surface area contributed by atoms with Crippen molar-refractivity contribution in [1.29, 1.82) is 0 Å². The Morgan fingerprint density at radius 2 is 1.68 bits per heavy atom. The van der Waals surface area contributed by atoms with Crippen LogP contribution in [0.15, 0.2) is 40.2 Å². The lowest BCUT2D eigenvalue weighted by Gasteiger charge is -2.41. The molecule has 5 heterocycles. The van der Waals surface area contributed by atoms with Crippen LogP contribution in [0.2, 0.25) is 0 Å². The first-order chi connectivity index (χ1) is 17.9. The van der Waals surface area contributed by atoms with Gasteiger partial charge in [0, 0.05) is 65.3 Å². The Bertz CT molecular complexity index is 1380. The molecule has 0 N–H and O–H groups in total. The zero-order valence-corrected chi connectivity index (χ0v) is 21.9. The number of nitrogens with zero attached hydrogens (tertiary/aromatic N) is 6. The Kier molecular flexibility index (Phi) is 7.19. The summed E-state index contributed by atoms with van der Waals surface area (Å²) in [4.78, 5) is 47.5. The van der Waals surface area contributed by atoms with Crippen LogP contribution in [0.25, 0.3) is 11.0 Å². The quantitative estimate of drug-likeness (QED) is 0.506. The minimum absolute atomic E-state index is 0.0675. The summed E-state index contributed by atoms with van der Waals surface area (Å²) in [6.07, 6.45) is 8.36. The van der Waals surface area contributed by atoms with Crippen LogP contribution in [-0.2, 0) is 20.6 Å². The fraction of sp³-hybridized carbons (Fsp3) is 0.556. The predicted molar refractivity (Wildman–Crippen MR) is 141 cm³/mol. The fourth-order valence-corrected chi connectivity index (χ4v) is 5.83. The highest BCUT2D eigenvalue weighted by Gasteiger charge is 2.32. The lowest BCUT2D eigenvalue weighted by Crippen LogP contribution is -2.50. The minimum atomic E-state index is -0.386. The maximum absolute atomic E-state index is 13.6. The van der Waals surface area contributed by atoms with Crippen LogP contribution < -0.4 is 16.0 Å². The molecular weight excluding hydrogens is 472 g/mol. The van der Waals surface area contributed by atoms with E-state index in [4.69, 9.17) is 4.74 Å².